The van der Waals surface area contributed by atoms with E-state index >= 15 is 0 Å². The van der Waals surface area contributed by atoms with Crippen LogP contribution in [0.5, 0.6) is 0 Å². The number of carbonyl (C=O) groups is 1. The van der Waals surface area contributed by atoms with Crippen LogP contribution in [0.1, 0.15) is 32.3 Å². The van der Waals surface area contributed by atoms with Crippen molar-refractivity contribution in [1.82, 2.24) is 0 Å². The van der Waals surface area contributed by atoms with E-state index < -0.39 is 5.41 Å². The molecule has 0 aliphatic heterocycles. The summed E-state index contributed by atoms with van der Waals surface area (Å²) in [5, 5.41) is 20.9. The molecule has 1 rings (SSSR count). The molecule has 1 amide bonds. The number of hydrogen-bond donors (Lipinski definition) is 1. The molecule has 0 bridgehead atoms. The van der Waals surface area contributed by atoms with E-state index in [1.165, 1.54) is 0 Å². The first-order valence-corrected chi connectivity index (χ1v) is 6.74. The Balaban J connectivity index is 3.08. The number of nitrogens with zero attached hydrogens (tertiary/aromatic N) is 2. The number of hydrogen-bond acceptors (Lipinski definition) is 3. The van der Waals surface area contributed by atoms with Gasteiger partial charge in [-0.05, 0) is 31.0 Å². The van der Waals surface area contributed by atoms with Crippen LogP contribution in [-0.4, -0.2) is 5.91 Å². The number of nitrogens with one attached hydrogen (secondary N) is 1. The van der Waals surface area contributed by atoms with Gasteiger partial charge in [0.15, 0.2) is 0 Å². The lowest BCUT2D eigenvalue weighted by Crippen LogP contribution is -2.34. The van der Waals surface area contributed by atoms with E-state index in [0.29, 0.717) is 24.1 Å². The zero-order valence-electron chi connectivity index (χ0n) is 10.8. The summed E-state index contributed by atoms with van der Waals surface area (Å²) in [6.07, 6.45) is 0.870. The van der Waals surface area contributed by atoms with E-state index in [4.69, 9.17) is 5.26 Å². The minimum absolute atomic E-state index is 0.362. The van der Waals surface area contributed by atoms with Crippen molar-refractivity contribution in [3.63, 3.8) is 0 Å². The Hall–Kier alpha value is -1.85. The predicted molar refractivity (Wildman–Crippen MR) is 76.1 cm³/mol. The van der Waals surface area contributed by atoms with Crippen molar-refractivity contribution < 1.29 is 4.79 Å². The lowest BCUT2D eigenvalue weighted by atomic mass is 9.83. The van der Waals surface area contributed by atoms with Gasteiger partial charge in [0.1, 0.15) is 11.5 Å². The van der Waals surface area contributed by atoms with Gasteiger partial charge in [0.05, 0.1) is 17.3 Å². The van der Waals surface area contributed by atoms with Gasteiger partial charge in [-0.1, -0.05) is 29.8 Å². The normalized spacial score (nSPS) is 10.4. The Bertz CT molecular complexity index is 565. The zero-order chi connectivity index (χ0) is 14.5. The topological polar surface area (TPSA) is 76.7 Å². The highest BCUT2D eigenvalue weighted by molar-refractivity contribution is 9.10. The summed E-state index contributed by atoms with van der Waals surface area (Å²) in [5.74, 6) is -0.362. The van der Waals surface area contributed by atoms with E-state index in [1.807, 2.05) is 6.07 Å². The van der Waals surface area contributed by atoms with Gasteiger partial charge < -0.3 is 5.32 Å². The standard InChI is InChI=1S/C14H14BrN3O/c1-3-14(4-2,9-17)13(19)18-12-6-5-11(15)7-10(12)8-16/h5-7H,3-4H2,1-2H3,(H,18,19). The largest absolute Gasteiger partial charge is 0.324 e. The summed E-state index contributed by atoms with van der Waals surface area (Å²) in [5.41, 5.74) is -0.251. The molecule has 1 aromatic rings. The second-order valence-corrected chi connectivity index (χ2v) is 5.07. The van der Waals surface area contributed by atoms with Crippen LogP contribution in [-0.2, 0) is 4.79 Å². The Morgan fingerprint density at radius 1 is 1.37 bits per heavy atom. The zero-order valence-corrected chi connectivity index (χ0v) is 12.4. The number of benzene rings is 1. The van der Waals surface area contributed by atoms with Crippen molar-refractivity contribution in [2.24, 2.45) is 5.41 Å². The maximum Gasteiger partial charge on any atom is 0.244 e. The first-order valence-electron chi connectivity index (χ1n) is 5.95. The highest BCUT2D eigenvalue weighted by Crippen LogP contribution is 2.28. The lowest BCUT2D eigenvalue weighted by Gasteiger charge is -2.22. The minimum Gasteiger partial charge on any atom is -0.324 e. The summed E-state index contributed by atoms with van der Waals surface area (Å²) in [6.45, 7) is 3.61. The Morgan fingerprint density at radius 3 is 2.47 bits per heavy atom. The first-order chi connectivity index (χ1) is 9.02. The molecule has 0 unspecified atom stereocenters. The van der Waals surface area contributed by atoms with E-state index in [9.17, 15) is 10.1 Å². The molecule has 1 aromatic carbocycles. The number of amides is 1. The molecule has 0 saturated carbocycles. The van der Waals surface area contributed by atoms with E-state index in [1.54, 1.807) is 32.0 Å². The minimum atomic E-state index is -1.04. The maximum absolute atomic E-state index is 12.2. The Kier molecular flexibility index (Phi) is 5.09. The van der Waals surface area contributed by atoms with E-state index in [-0.39, 0.29) is 5.91 Å². The number of halogens is 1. The number of anilines is 1. The molecular weight excluding hydrogens is 306 g/mol. The molecule has 4 nitrogen and oxygen atoms in total. The number of carbonyl (C=O) groups excluding carboxylic acids is 1. The van der Waals surface area contributed by atoms with Crippen molar-refractivity contribution >= 4 is 27.5 Å². The molecule has 5 heteroatoms. The molecule has 0 radical (unpaired) electrons. The molecule has 0 saturated heterocycles. The molecule has 0 atom stereocenters. The van der Waals surface area contributed by atoms with Gasteiger partial charge in [-0.3, -0.25) is 4.79 Å². The number of rotatable bonds is 4. The van der Waals surface area contributed by atoms with Crippen LogP contribution in [0.4, 0.5) is 5.69 Å². The van der Waals surface area contributed by atoms with Crippen LogP contribution in [0.2, 0.25) is 0 Å². The van der Waals surface area contributed by atoms with E-state index in [0.717, 1.165) is 4.47 Å². The molecule has 0 aromatic heterocycles. The van der Waals surface area contributed by atoms with Gasteiger partial charge in [-0.2, -0.15) is 10.5 Å². The SMILES string of the molecule is CCC(C#N)(CC)C(=O)Nc1ccc(Br)cc1C#N. The molecule has 1 N–H and O–H groups in total. The van der Waals surface area contributed by atoms with Crippen molar-refractivity contribution in [2.45, 2.75) is 26.7 Å². The summed E-state index contributed by atoms with van der Waals surface area (Å²) >= 11 is 3.27. The fraction of sp³-hybridized carbons (Fsp3) is 0.357. The molecule has 0 aliphatic rings. The van der Waals surface area contributed by atoms with Gasteiger partial charge in [0.25, 0.3) is 0 Å². The average Bonchev–Trinajstić information content (AvgIpc) is 2.43. The summed E-state index contributed by atoms with van der Waals surface area (Å²) < 4.78 is 0.763. The third-order valence-corrected chi connectivity index (χ3v) is 3.70. The fourth-order valence-electron chi connectivity index (χ4n) is 1.74. The molecule has 0 spiro atoms. The van der Waals surface area contributed by atoms with Gasteiger partial charge in [-0.25, -0.2) is 0 Å². The first kappa shape index (κ1) is 15.2. The average molecular weight is 320 g/mol. The van der Waals surface area contributed by atoms with Crippen molar-refractivity contribution in [3.05, 3.63) is 28.2 Å². The third-order valence-electron chi connectivity index (χ3n) is 3.21. The van der Waals surface area contributed by atoms with Gasteiger partial charge in [-0.15, -0.1) is 0 Å². The molecule has 0 aliphatic carbocycles. The van der Waals surface area contributed by atoms with Gasteiger partial charge in [0, 0.05) is 4.47 Å². The molecular formula is C14H14BrN3O. The van der Waals surface area contributed by atoms with Crippen LogP contribution in [0.15, 0.2) is 22.7 Å². The number of nitriles is 2. The third kappa shape index (κ3) is 3.13. The van der Waals surface area contributed by atoms with E-state index in [2.05, 4.69) is 27.3 Å². The highest BCUT2D eigenvalue weighted by Gasteiger charge is 2.35. The van der Waals surface area contributed by atoms with Crippen molar-refractivity contribution in [2.75, 3.05) is 5.32 Å². The molecule has 0 fully saturated rings. The van der Waals surface area contributed by atoms with Crippen LogP contribution in [0.25, 0.3) is 0 Å². The van der Waals surface area contributed by atoms with Crippen LogP contribution >= 0.6 is 15.9 Å². The lowest BCUT2D eigenvalue weighted by molar-refractivity contribution is -0.123. The van der Waals surface area contributed by atoms with Gasteiger partial charge in [0.2, 0.25) is 5.91 Å². The summed E-state index contributed by atoms with van der Waals surface area (Å²) in [4.78, 5) is 12.2. The fourth-order valence-corrected chi connectivity index (χ4v) is 2.10. The highest BCUT2D eigenvalue weighted by atomic mass is 79.9. The Morgan fingerprint density at radius 2 is 2.00 bits per heavy atom. The smallest absolute Gasteiger partial charge is 0.244 e. The monoisotopic (exact) mass is 319 g/mol. The van der Waals surface area contributed by atoms with Gasteiger partial charge >= 0.3 is 0 Å². The predicted octanol–water partition coefficient (Wildman–Crippen LogP) is 3.59. The quantitative estimate of drug-likeness (QED) is 0.921. The summed E-state index contributed by atoms with van der Waals surface area (Å²) in [6, 6.07) is 9.11. The molecule has 98 valence electrons. The van der Waals surface area contributed by atoms with Crippen LogP contribution in [0, 0.1) is 28.1 Å². The van der Waals surface area contributed by atoms with Crippen molar-refractivity contribution in [1.29, 1.82) is 10.5 Å². The van der Waals surface area contributed by atoms with Crippen molar-refractivity contribution in [3.8, 4) is 12.1 Å². The van der Waals surface area contributed by atoms with Crippen LogP contribution < -0.4 is 5.32 Å². The van der Waals surface area contributed by atoms with Crippen LogP contribution in [0.3, 0.4) is 0 Å². The summed E-state index contributed by atoms with van der Waals surface area (Å²) in [7, 11) is 0. The Labute approximate surface area is 121 Å². The maximum atomic E-state index is 12.2. The second kappa shape index (κ2) is 6.36. The molecule has 19 heavy (non-hydrogen) atoms. The second-order valence-electron chi connectivity index (χ2n) is 4.16. The molecule has 0 heterocycles.